The van der Waals surface area contributed by atoms with Crippen LogP contribution in [0.3, 0.4) is 0 Å². The van der Waals surface area contributed by atoms with Crippen LogP contribution in [-0.4, -0.2) is 42.0 Å². The molecule has 8 heteroatoms. The van der Waals surface area contributed by atoms with Gasteiger partial charge in [0.15, 0.2) is 17.3 Å². The highest BCUT2D eigenvalue weighted by Crippen LogP contribution is 2.32. The Hall–Kier alpha value is -3.19. The van der Waals surface area contributed by atoms with Gasteiger partial charge >= 0.3 is 0 Å². The van der Waals surface area contributed by atoms with Crippen molar-refractivity contribution in [2.24, 2.45) is 0 Å². The number of anilines is 1. The van der Waals surface area contributed by atoms with Crippen LogP contribution < -0.4 is 19.7 Å². The fourth-order valence-corrected chi connectivity index (χ4v) is 3.77. The van der Waals surface area contributed by atoms with Gasteiger partial charge in [0.25, 0.3) is 5.91 Å². The number of hydrogen-bond donors (Lipinski definition) is 2. The molecular weight excluding hydrogens is 392 g/mol. The molecule has 0 unspecified atom stereocenters. The molecule has 1 fully saturated rings. The van der Waals surface area contributed by atoms with Crippen LogP contribution in [0.15, 0.2) is 48.5 Å². The molecule has 1 saturated heterocycles. The summed E-state index contributed by atoms with van der Waals surface area (Å²) < 4.78 is 10.6. The minimum Gasteiger partial charge on any atom is -0.454 e. The molecular formula is C21H19ClN4O3. The molecule has 0 bridgehead atoms. The second kappa shape index (κ2) is 7.33. The lowest BCUT2D eigenvalue weighted by Gasteiger charge is -2.16. The van der Waals surface area contributed by atoms with E-state index in [0.717, 1.165) is 30.0 Å². The lowest BCUT2D eigenvalue weighted by molar-refractivity contribution is 0.0940. The zero-order chi connectivity index (χ0) is 19.8. The normalized spacial score (nSPS) is 17.6. The predicted molar refractivity (Wildman–Crippen MR) is 110 cm³/mol. The first-order valence-corrected chi connectivity index (χ1v) is 9.80. The number of amides is 1. The number of aromatic amines is 1. The molecule has 0 spiro atoms. The molecule has 2 aromatic carbocycles. The zero-order valence-corrected chi connectivity index (χ0v) is 16.3. The highest BCUT2D eigenvalue weighted by molar-refractivity contribution is 6.30. The van der Waals surface area contributed by atoms with E-state index in [-0.39, 0.29) is 18.7 Å². The monoisotopic (exact) mass is 410 g/mol. The summed E-state index contributed by atoms with van der Waals surface area (Å²) in [4.78, 5) is 14.8. The number of benzene rings is 2. The smallest absolute Gasteiger partial charge is 0.251 e. The summed E-state index contributed by atoms with van der Waals surface area (Å²) in [6.45, 7) is 1.73. The number of carbonyl (C=O) groups excluding carboxylic acids is 1. The van der Waals surface area contributed by atoms with Gasteiger partial charge in [0, 0.05) is 35.8 Å². The van der Waals surface area contributed by atoms with Crippen LogP contribution in [0.4, 0.5) is 5.82 Å². The van der Waals surface area contributed by atoms with Gasteiger partial charge in [-0.3, -0.25) is 9.89 Å². The van der Waals surface area contributed by atoms with E-state index in [2.05, 4.69) is 20.4 Å². The van der Waals surface area contributed by atoms with Crippen LogP contribution in [0.1, 0.15) is 16.8 Å². The van der Waals surface area contributed by atoms with E-state index >= 15 is 0 Å². The second-order valence-corrected chi connectivity index (χ2v) is 7.56. The average Bonchev–Trinajstić information content (AvgIpc) is 3.48. The van der Waals surface area contributed by atoms with Gasteiger partial charge in [-0.1, -0.05) is 23.7 Å². The molecule has 2 aliphatic heterocycles. The van der Waals surface area contributed by atoms with Gasteiger partial charge in [-0.05, 0) is 42.3 Å². The van der Waals surface area contributed by atoms with Crippen molar-refractivity contribution in [3.05, 3.63) is 59.1 Å². The Balaban J connectivity index is 1.22. The van der Waals surface area contributed by atoms with Gasteiger partial charge in [0.2, 0.25) is 6.79 Å². The number of ether oxygens (including phenoxy) is 2. The van der Waals surface area contributed by atoms with Gasteiger partial charge in [0.05, 0.1) is 5.69 Å². The van der Waals surface area contributed by atoms with Gasteiger partial charge < -0.3 is 19.7 Å². The Kier molecular flexibility index (Phi) is 4.52. The Morgan fingerprint density at radius 2 is 1.97 bits per heavy atom. The first kappa shape index (κ1) is 17.9. The molecule has 3 aromatic rings. The maximum Gasteiger partial charge on any atom is 0.251 e. The molecule has 3 heterocycles. The highest BCUT2D eigenvalue weighted by atomic mass is 35.5. The maximum absolute atomic E-state index is 12.6. The summed E-state index contributed by atoms with van der Waals surface area (Å²) in [6, 6.07) is 14.9. The van der Waals surface area contributed by atoms with E-state index in [1.54, 1.807) is 18.2 Å². The van der Waals surface area contributed by atoms with Gasteiger partial charge in [-0.2, -0.15) is 5.10 Å². The summed E-state index contributed by atoms with van der Waals surface area (Å²) in [6.07, 6.45) is 0.861. The first-order valence-electron chi connectivity index (χ1n) is 9.42. The number of halogens is 1. The minimum atomic E-state index is -0.112. The summed E-state index contributed by atoms with van der Waals surface area (Å²) >= 11 is 5.96. The molecule has 1 aromatic heterocycles. The van der Waals surface area contributed by atoms with Crippen molar-refractivity contribution in [3.8, 4) is 22.8 Å². The lowest BCUT2D eigenvalue weighted by Crippen LogP contribution is -2.37. The molecule has 29 heavy (non-hydrogen) atoms. The van der Waals surface area contributed by atoms with E-state index in [9.17, 15) is 4.79 Å². The number of H-pyrrole nitrogens is 1. The second-order valence-electron chi connectivity index (χ2n) is 7.12. The minimum absolute atomic E-state index is 0.0589. The Morgan fingerprint density at radius 1 is 1.14 bits per heavy atom. The van der Waals surface area contributed by atoms with Crippen LogP contribution in [0.25, 0.3) is 11.3 Å². The first-order chi connectivity index (χ1) is 14.2. The summed E-state index contributed by atoms with van der Waals surface area (Å²) in [5, 5.41) is 11.3. The maximum atomic E-state index is 12.6. The zero-order valence-electron chi connectivity index (χ0n) is 15.5. The lowest BCUT2D eigenvalue weighted by atomic mass is 10.1. The number of aromatic nitrogens is 2. The standard InChI is InChI=1S/C21H19ClN4O3/c22-15-4-1-13(2-5-15)17-10-20(25-24-17)26-8-7-16(11-26)23-21(27)14-3-6-18-19(9-14)29-12-28-18/h1-6,9-10,16H,7-8,11-12H2,(H,23,27)(H,24,25)/t16-/m0/s1. The largest absolute Gasteiger partial charge is 0.454 e. The fourth-order valence-electron chi connectivity index (χ4n) is 3.64. The summed E-state index contributed by atoms with van der Waals surface area (Å²) in [5.74, 6) is 2.04. The van der Waals surface area contributed by atoms with Crippen molar-refractivity contribution in [1.29, 1.82) is 0 Å². The average molecular weight is 411 g/mol. The number of hydrogen-bond acceptors (Lipinski definition) is 5. The van der Waals surface area contributed by atoms with Crippen LogP contribution >= 0.6 is 11.6 Å². The number of nitrogens with zero attached hydrogens (tertiary/aromatic N) is 2. The van der Waals surface area contributed by atoms with E-state index in [0.29, 0.717) is 28.6 Å². The molecule has 0 saturated carbocycles. The van der Waals surface area contributed by atoms with Gasteiger partial charge in [0.1, 0.15) is 0 Å². The van der Waals surface area contributed by atoms with Crippen molar-refractivity contribution in [2.75, 3.05) is 24.8 Å². The third kappa shape index (κ3) is 3.61. The van der Waals surface area contributed by atoms with Crippen molar-refractivity contribution < 1.29 is 14.3 Å². The topological polar surface area (TPSA) is 79.5 Å². The number of nitrogens with one attached hydrogen (secondary N) is 2. The number of carbonyl (C=O) groups is 1. The number of rotatable bonds is 4. The SMILES string of the molecule is O=C(N[C@H]1CCN(c2cc(-c3ccc(Cl)cc3)[nH]n2)C1)c1ccc2c(c1)OCO2. The third-order valence-corrected chi connectivity index (χ3v) is 5.45. The molecule has 1 amide bonds. The quantitative estimate of drug-likeness (QED) is 0.688. The number of fused-ring (bicyclic) bond motifs is 1. The molecule has 7 nitrogen and oxygen atoms in total. The van der Waals surface area contributed by atoms with E-state index in [1.165, 1.54) is 0 Å². The molecule has 148 valence electrons. The van der Waals surface area contributed by atoms with Crippen LogP contribution in [-0.2, 0) is 0 Å². The van der Waals surface area contributed by atoms with E-state index in [4.69, 9.17) is 21.1 Å². The highest BCUT2D eigenvalue weighted by Gasteiger charge is 2.26. The predicted octanol–water partition coefficient (Wildman–Crippen LogP) is 3.47. The third-order valence-electron chi connectivity index (χ3n) is 5.20. The van der Waals surface area contributed by atoms with Crippen LogP contribution in [0, 0.1) is 0 Å². The Morgan fingerprint density at radius 3 is 2.83 bits per heavy atom. The summed E-state index contributed by atoms with van der Waals surface area (Å²) in [5.41, 5.74) is 2.53. The molecule has 0 radical (unpaired) electrons. The van der Waals surface area contributed by atoms with E-state index in [1.807, 2.05) is 30.3 Å². The van der Waals surface area contributed by atoms with Crippen molar-refractivity contribution >= 4 is 23.3 Å². The molecule has 1 atom stereocenters. The Bertz CT molecular complexity index is 1050. The summed E-state index contributed by atoms with van der Waals surface area (Å²) in [7, 11) is 0. The van der Waals surface area contributed by atoms with Crippen molar-refractivity contribution in [2.45, 2.75) is 12.5 Å². The van der Waals surface area contributed by atoms with Gasteiger partial charge in [-0.25, -0.2) is 0 Å². The molecule has 5 rings (SSSR count). The van der Waals surface area contributed by atoms with Crippen molar-refractivity contribution in [3.63, 3.8) is 0 Å². The fraction of sp³-hybridized carbons (Fsp3) is 0.238. The van der Waals surface area contributed by atoms with Gasteiger partial charge in [-0.15, -0.1) is 0 Å². The van der Waals surface area contributed by atoms with Crippen LogP contribution in [0.2, 0.25) is 5.02 Å². The van der Waals surface area contributed by atoms with Crippen LogP contribution in [0.5, 0.6) is 11.5 Å². The van der Waals surface area contributed by atoms with E-state index < -0.39 is 0 Å². The molecule has 2 aliphatic rings. The Labute approximate surface area is 172 Å². The molecule has 2 N–H and O–H groups in total. The molecule has 0 aliphatic carbocycles. The van der Waals surface area contributed by atoms with Crippen molar-refractivity contribution in [1.82, 2.24) is 15.5 Å².